The van der Waals surface area contributed by atoms with Crippen LogP contribution in [-0.4, -0.2) is 52.0 Å². The highest BCUT2D eigenvalue weighted by atomic mass is 16.2. The summed E-state index contributed by atoms with van der Waals surface area (Å²) in [5.41, 5.74) is 4.47. The Morgan fingerprint density at radius 1 is 1.20 bits per heavy atom. The normalized spacial score (nSPS) is 15.1. The Morgan fingerprint density at radius 3 is 2.69 bits per heavy atom. The predicted molar refractivity (Wildman–Crippen MR) is 135 cm³/mol. The van der Waals surface area contributed by atoms with Crippen molar-refractivity contribution in [3.05, 3.63) is 71.9 Å². The lowest BCUT2D eigenvalue weighted by molar-refractivity contribution is 0.0885. The molecule has 1 aliphatic heterocycles. The lowest BCUT2D eigenvalue weighted by Crippen LogP contribution is -2.53. The van der Waals surface area contributed by atoms with E-state index < -0.39 is 0 Å². The van der Waals surface area contributed by atoms with Gasteiger partial charge in [-0.2, -0.15) is 10.4 Å². The fourth-order valence-corrected chi connectivity index (χ4v) is 4.59. The van der Waals surface area contributed by atoms with Crippen molar-refractivity contribution in [2.75, 3.05) is 18.0 Å². The molecule has 1 N–H and O–H groups in total. The predicted octanol–water partition coefficient (Wildman–Crippen LogP) is 2.55. The highest BCUT2D eigenvalue weighted by molar-refractivity contribution is 6.32. The van der Waals surface area contributed by atoms with Crippen molar-refractivity contribution in [1.82, 2.24) is 24.9 Å². The summed E-state index contributed by atoms with van der Waals surface area (Å²) in [6.07, 6.45) is 8.28. The van der Waals surface area contributed by atoms with Gasteiger partial charge in [0.25, 0.3) is 5.91 Å². The lowest BCUT2D eigenvalue weighted by atomic mass is 9.89. The van der Waals surface area contributed by atoms with Crippen molar-refractivity contribution < 1.29 is 4.79 Å². The van der Waals surface area contributed by atoms with E-state index in [1.54, 1.807) is 29.3 Å². The van der Waals surface area contributed by atoms with Crippen molar-refractivity contribution in [1.29, 1.82) is 5.26 Å². The van der Waals surface area contributed by atoms with Crippen molar-refractivity contribution in [2.24, 2.45) is 0 Å². The lowest BCUT2D eigenvalue weighted by Gasteiger charge is -2.40. The highest BCUT2D eigenvalue weighted by Gasteiger charge is 2.32. The van der Waals surface area contributed by atoms with E-state index in [9.17, 15) is 10.1 Å². The number of rotatable bonds is 4. The van der Waals surface area contributed by atoms with E-state index in [0.29, 0.717) is 22.2 Å². The largest absolute Gasteiger partial charge is 0.356 e. The summed E-state index contributed by atoms with van der Waals surface area (Å²) in [7, 11) is 6.06. The van der Waals surface area contributed by atoms with Crippen LogP contribution in [-0.2, 0) is 0 Å². The van der Waals surface area contributed by atoms with Crippen LogP contribution in [0.2, 0.25) is 0 Å². The molecule has 4 aromatic rings. The molecule has 5 rings (SSSR count). The quantitative estimate of drug-likeness (QED) is 0.469. The molecular formula is C26H24BN7O. The van der Waals surface area contributed by atoms with Gasteiger partial charge in [0.1, 0.15) is 25.4 Å². The maximum atomic E-state index is 12.8. The average molecular weight is 461 g/mol. The first kappa shape index (κ1) is 22.6. The Hall–Kier alpha value is -4.19. The highest BCUT2D eigenvalue weighted by Crippen LogP contribution is 2.29. The zero-order chi connectivity index (χ0) is 24.6. The molecule has 172 valence electrons. The molecule has 1 amide bonds. The number of aryl methyl sites for hydroxylation is 1. The van der Waals surface area contributed by atoms with Crippen molar-refractivity contribution in [3.8, 4) is 17.2 Å². The van der Waals surface area contributed by atoms with Gasteiger partial charge < -0.3 is 10.2 Å². The molecule has 0 atom stereocenters. The fourth-order valence-electron chi connectivity index (χ4n) is 4.59. The van der Waals surface area contributed by atoms with Crippen LogP contribution in [0.1, 0.15) is 41.4 Å². The van der Waals surface area contributed by atoms with Crippen LogP contribution in [0.25, 0.3) is 16.6 Å². The number of anilines is 1. The zero-order valence-corrected chi connectivity index (χ0v) is 19.7. The molecule has 0 unspecified atom stereocenters. The Bertz CT molecular complexity index is 1450. The monoisotopic (exact) mass is 461 g/mol. The summed E-state index contributed by atoms with van der Waals surface area (Å²) in [6.45, 7) is 5.52. The van der Waals surface area contributed by atoms with Crippen LogP contribution >= 0.6 is 0 Å². The molecule has 1 aliphatic rings. The summed E-state index contributed by atoms with van der Waals surface area (Å²) in [5, 5.41) is 16.9. The molecule has 5 heterocycles. The van der Waals surface area contributed by atoms with Gasteiger partial charge in [-0.05, 0) is 50.5 Å². The van der Waals surface area contributed by atoms with Gasteiger partial charge in [-0.1, -0.05) is 17.6 Å². The maximum Gasteiger partial charge on any atom is 0.270 e. The molecule has 1 fully saturated rings. The van der Waals surface area contributed by atoms with Gasteiger partial charge >= 0.3 is 0 Å². The number of nitrogens with zero attached hydrogens (tertiary/aromatic N) is 6. The first-order valence-corrected chi connectivity index (χ1v) is 11.5. The molecule has 0 aliphatic carbocycles. The van der Waals surface area contributed by atoms with Crippen LogP contribution in [0.15, 0.2) is 55.1 Å². The van der Waals surface area contributed by atoms with E-state index >= 15 is 0 Å². The Labute approximate surface area is 205 Å². The van der Waals surface area contributed by atoms with E-state index in [0.717, 1.165) is 48.4 Å². The van der Waals surface area contributed by atoms with Crippen LogP contribution in [0, 0.1) is 18.3 Å². The van der Waals surface area contributed by atoms with Crippen LogP contribution in [0.5, 0.6) is 0 Å². The van der Waals surface area contributed by atoms with Crippen molar-refractivity contribution in [3.63, 3.8) is 0 Å². The first-order chi connectivity index (χ1) is 16.9. The first-order valence-electron chi connectivity index (χ1n) is 11.5. The minimum absolute atomic E-state index is 0.133. The molecule has 9 heteroatoms. The molecule has 0 saturated carbocycles. The maximum absolute atomic E-state index is 12.8. The third-order valence-electron chi connectivity index (χ3n) is 6.64. The number of pyridine rings is 3. The van der Waals surface area contributed by atoms with Gasteiger partial charge in [-0.15, -0.1) is 0 Å². The summed E-state index contributed by atoms with van der Waals surface area (Å²) in [5.74, 6) is 0.739. The number of hydrogen-bond acceptors (Lipinski definition) is 6. The van der Waals surface area contributed by atoms with Crippen molar-refractivity contribution >= 4 is 30.6 Å². The molecule has 1 saturated heterocycles. The smallest absolute Gasteiger partial charge is 0.270 e. The van der Waals surface area contributed by atoms with E-state index in [2.05, 4.69) is 33.3 Å². The minimum Gasteiger partial charge on any atom is -0.356 e. The van der Waals surface area contributed by atoms with Crippen LogP contribution in [0.3, 0.4) is 0 Å². The van der Waals surface area contributed by atoms with E-state index in [4.69, 9.17) is 12.8 Å². The second-order valence-electron chi connectivity index (χ2n) is 9.23. The molecule has 0 bridgehead atoms. The van der Waals surface area contributed by atoms with Gasteiger partial charge in [-0.3, -0.25) is 9.78 Å². The zero-order valence-electron chi connectivity index (χ0n) is 19.7. The second kappa shape index (κ2) is 8.87. The summed E-state index contributed by atoms with van der Waals surface area (Å²) >= 11 is 0. The van der Waals surface area contributed by atoms with E-state index in [1.165, 1.54) is 0 Å². The topological polar surface area (TPSA) is 99.2 Å². The number of aromatic nitrogens is 4. The van der Waals surface area contributed by atoms with Gasteiger partial charge in [-0.25, -0.2) is 9.50 Å². The Morgan fingerprint density at radius 2 is 2.00 bits per heavy atom. The number of nitriles is 1. The van der Waals surface area contributed by atoms with Gasteiger partial charge in [0.2, 0.25) is 0 Å². The summed E-state index contributed by atoms with van der Waals surface area (Å²) < 4.78 is 1.63. The second-order valence-corrected chi connectivity index (χ2v) is 9.23. The SMILES string of the molecule is [B]c1cc(-c2ccc(N3CCC(C)(NC(=O)c4ncccc4C)CC3)nc2)c2c(C#N)cnn2c1. The van der Waals surface area contributed by atoms with Gasteiger partial charge in [0.05, 0.1) is 17.3 Å². The third kappa shape index (κ3) is 4.35. The average Bonchev–Trinajstić information content (AvgIpc) is 3.27. The molecular weight excluding hydrogens is 437 g/mol. The number of carbonyl (C=O) groups is 1. The van der Waals surface area contributed by atoms with Gasteiger partial charge in [0.15, 0.2) is 0 Å². The third-order valence-corrected chi connectivity index (χ3v) is 6.64. The molecule has 2 radical (unpaired) electrons. The number of amides is 1. The standard InChI is InChI=1S/C26H24BN7O/c1-17-4-3-9-29-23(17)25(35)32-26(2)7-10-33(11-8-26)22-6-5-18(14-30-22)21-12-20(27)16-34-24(21)19(13-28)15-31-34/h3-6,9,12,14-16H,7-8,10-11H2,1-2H3,(H,32,35). The number of nitrogens with one attached hydrogen (secondary N) is 1. The molecule has 0 spiro atoms. The molecule has 35 heavy (non-hydrogen) atoms. The summed E-state index contributed by atoms with van der Waals surface area (Å²) in [6, 6.07) is 11.7. The number of hydrogen-bond donors (Lipinski definition) is 1. The number of piperidine rings is 1. The fraction of sp³-hybridized carbons (Fsp3) is 0.269. The van der Waals surface area contributed by atoms with E-state index in [1.807, 2.05) is 37.3 Å². The Kier molecular flexibility index (Phi) is 5.73. The molecule has 8 nitrogen and oxygen atoms in total. The number of carbonyl (C=O) groups excluding carboxylic acids is 1. The van der Waals surface area contributed by atoms with Crippen LogP contribution in [0.4, 0.5) is 5.82 Å². The Balaban J connectivity index is 1.30. The van der Waals surface area contributed by atoms with Gasteiger partial charge in [0, 0.05) is 48.3 Å². The molecule has 4 aromatic heterocycles. The summed E-state index contributed by atoms with van der Waals surface area (Å²) in [4.78, 5) is 23.9. The molecule has 0 aromatic carbocycles. The van der Waals surface area contributed by atoms with Crippen molar-refractivity contribution in [2.45, 2.75) is 32.2 Å². The minimum atomic E-state index is -0.305. The van der Waals surface area contributed by atoms with E-state index in [-0.39, 0.29) is 11.4 Å². The van der Waals surface area contributed by atoms with Crippen LogP contribution < -0.4 is 15.7 Å². The number of fused-ring (bicyclic) bond motifs is 1.